The van der Waals surface area contributed by atoms with Crippen molar-refractivity contribution >= 4 is 0 Å². The normalized spacial score (nSPS) is 22.3. The van der Waals surface area contributed by atoms with Crippen LogP contribution < -0.4 is 5.32 Å². The van der Waals surface area contributed by atoms with Gasteiger partial charge in [-0.3, -0.25) is 0 Å². The molecule has 0 spiro atoms. The van der Waals surface area contributed by atoms with Crippen molar-refractivity contribution in [1.82, 2.24) is 5.32 Å². The summed E-state index contributed by atoms with van der Waals surface area (Å²) in [6.45, 7) is 4.73. The van der Waals surface area contributed by atoms with Crippen LogP contribution in [0.3, 0.4) is 0 Å². The Balaban J connectivity index is 1.93. The Labute approximate surface area is 116 Å². The summed E-state index contributed by atoms with van der Waals surface area (Å²) in [5, 5.41) is 3.39. The lowest BCUT2D eigenvalue weighted by atomic mass is 9.99. The van der Waals surface area contributed by atoms with Gasteiger partial charge in [0, 0.05) is 12.5 Å². The first kappa shape index (κ1) is 14.5. The SMILES string of the molecule is CCC(OCC1CCOC1)C(NC)c1ccccc1. The Morgan fingerprint density at radius 3 is 2.74 bits per heavy atom. The summed E-state index contributed by atoms with van der Waals surface area (Å²) in [5.41, 5.74) is 1.29. The molecule has 19 heavy (non-hydrogen) atoms. The van der Waals surface area contributed by atoms with Crippen LogP contribution in [0.5, 0.6) is 0 Å². The van der Waals surface area contributed by atoms with Gasteiger partial charge in [-0.15, -0.1) is 0 Å². The largest absolute Gasteiger partial charge is 0.381 e. The van der Waals surface area contributed by atoms with E-state index >= 15 is 0 Å². The molecule has 1 aromatic rings. The van der Waals surface area contributed by atoms with Crippen molar-refractivity contribution in [3.05, 3.63) is 35.9 Å². The van der Waals surface area contributed by atoms with Gasteiger partial charge in [0.25, 0.3) is 0 Å². The van der Waals surface area contributed by atoms with Gasteiger partial charge in [0.1, 0.15) is 0 Å². The number of hydrogen-bond acceptors (Lipinski definition) is 3. The van der Waals surface area contributed by atoms with E-state index in [0.29, 0.717) is 5.92 Å². The minimum Gasteiger partial charge on any atom is -0.381 e. The number of nitrogens with one attached hydrogen (secondary N) is 1. The van der Waals surface area contributed by atoms with Gasteiger partial charge < -0.3 is 14.8 Å². The van der Waals surface area contributed by atoms with E-state index in [4.69, 9.17) is 9.47 Å². The summed E-state index contributed by atoms with van der Waals surface area (Å²) in [6.07, 6.45) is 2.35. The quantitative estimate of drug-likeness (QED) is 0.820. The maximum absolute atomic E-state index is 6.14. The number of rotatable bonds is 7. The molecular weight excluding hydrogens is 238 g/mol. The van der Waals surface area contributed by atoms with Gasteiger partial charge in [0.05, 0.1) is 25.4 Å². The molecule has 106 valence electrons. The fourth-order valence-corrected chi connectivity index (χ4v) is 2.65. The van der Waals surface area contributed by atoms with Gasteiger partial charge in [-0.05, 0) is 25.5 Å². The molecule has 1 aromatic carbocycles. The first-order valence-electron chi connectivity index (χ1n) is 7.26. The zero-order valence-electron chi connectivity index (χ0n) is 12.0. The van der Waals surface area contributed by atoms with Gasteiger partial charge in [-0.2, -0.15) is 0 Å². The average Bonchev–Trinajstić information content (AvgIpc) is 2.97. The molecule has 1 saturated heterocycles. The minimum absolute atomic E-state index is 0.216. The Kier molecular flexibility index (Phi) is 5.83. The van der Waals surface area contributed by atoms with Crippen LogP contribution in [-0.2, 0) is 9.47 Å². The highest BCUT2D eigenvalue weighted by Crippen LogP contribution is 2.23. The van der Waals surface area contributed by atoms with Crippen LogP contribution in [-0.4, -0.2) is 33.0 Å². The third kappa shape index (κ3) is 4.03. The molecule has 0 radical (unpaired) electrons. The molecule has 3 unspecified atom stereocenters. The van der Waals surface area contributed by atoms with Gasteiger partial charge in [-0.25, -0.2) is 0 Å². The molecule has 0 aliphatic carbocycles. The lowest BCUT2D eigenvalue weighted by molar-refractivity contribution is 0.00293. The zero-order valence-corrected chi connectivity index (χ0v) is 12.0. The molecule has 3 atom stereocenters. The highest BCUT2D eigenvalue weighted by atomic mass is 16.5. The Morgan fingerprint density at radius 1 is 1.37 bits per heavy atom. The average molecular weight is 263 g/mol. The van der Waals surface area contributed by atoms with Crippen LogP contribution in [0.2, 0.25) is 0 Å². The maximum atomic E-state index is 6.14. The van der Waals surface area contributed by atoms with E-state index in [9.17, 15) is 0 Å². The lowest BCUT2D eigenvalue weighted by Crippen LogP contribution is -2.32. The second kappa shape index (κ2) is 7.63. The smallest absolute Gasteiger partial charge is 0.0767 e. The third-order valence-electron chi connectivity index (χ3n) is 3.81. The predicted octanol–water partition coefficient (Wildman–Crippen LogP) is 2.78. The third-order valence-corrected chi connectivity index (χ3v) is 3.81. The van der Waals surface area contributed by atoms with Crippen LogP contribution in [0.25, 0.3) is 0 Å². The first-order chi connectivity index (χ1) is 9.35. The van der Waals surface area contributed by atoms with Gasteiger partial charge in [-0.1, -0.05) is 37.3 Å². The molecule has 1 aliphatic rings. The van der Waals surface area contributed by atoms with E-state index in [1.807, 2.05) is 13.1 Å². The van der Waals surface area contributed by atoms with Gasteiger partial charge in [0.15, 0.2) is 0 Å². The van der Waals surface area contributed by atoms with E-state index in [2.05, 4.69) is 36.5 Å². The fourth-order valence-electron chi connectivity index (χ4n) is 2.65. The Bertz CT molecular complexity index is 349. The summed E-state index contributed by atoms with van der Waals surface area (Å²) in [4.78, 5) is 0. The molecule has 1 fully saturated rings. The van der Waals surface area contributed by atoms with Crippen LogP contribution >= 0.6 is 0 Å². The van der Waals surface area contributed by atoms with Crippen LogP contribution in [0.1, 0.15) is 31.4 Å². The first-order valence-corrected chi connectivity index (χ1v) is 7.26. The molecule has 0 aromatic heterocycles. The van der Waals surface area contributed by atoms with Crippen LogP contribution in [0.4, 0.5) is 0 Å². The highest BCUT2D eigenvalue weighted by molar-refractivity contribution is 5.20. The summed E-state index contributed by atoms with van der Waals surface area (Å²) < 4.78 is 11.5. The molecule has 1 aliphatic heterocycles. The number of likely N-dealkylation sites (N-methyl/N-ethyl adjacent to an activating group) is 1. The lowest BCUT2D eigenvalue weighted by Gasteiger charge is -2.27. The highest BCUT2D eigenvalue weighted by Gasteiger charge is 2.23. The van der Waals surface area contributed by atoms with Crippen molar-refractivity contribution in [3.63, 3.8) is 0 Å². The molecule has 0 saturated carbocycles. The van der Waals surface area contributed by atoms with Crippen molar-refractivity contribution in [3.8, 4) is 0 Å². The monoisotopic (exact) mass is 263 g/mol. The van der Waals surface area contributed by atoms with Crippen molar-refractivity contribution in [1.29, 1.82) is 0 Å². The predicted molar refractivity (Wildman–Crippen MR) is 77.2 cm³/mol. The maximum Gasteiger partial charge on any atom is 0.0767 e. The summed E-state index contributed by atoms with van der Waals surface area (Å²) >= 11 is 0. The number of ether oxygens (including phenoxy) is 2. The van der Waals surface area contributed by atoms with Crippen molar-refractivity contribution < 1.29 is 9.47 Å². The van der Waals surface area contributed by atoms with E-state index in [1.165, 1.54) is 5.56 Å². The summed E-state index contributed by atoms with van der Waals surface area (Å²) in [7, 11) is 2.00. The molecule has 3 heteroatoms. The Morgan fingerprint density at radius 2 is 2.16 bits per heavy atom. The molecule has 0 amide bonds. The van der Waals surface area contributed by atoms with Crippen molar-refractivity contribution in [2.24, 2.45) is 5.92 Å². The van der Waals surface area contributed by atoms with E-state index in [1.54, 1.807) is 0 Å². The van der Waals surface area contributed by atoms with Gasteiger partial charge in [0.2, 0.25) is 0 Å². The van der Waals surface area contributed by atoms with Crippen molar-refractivity contribution in [2.45, 2.75) is 31.9 Å². The van der Waals surface area contributed by atoms with E-state index < -0.39 is 0 Å². The molecule has 1 heterocycles. The summed E-state index contributed by atoms with van der Waals surface area (Å²) in [6, 6.07) is 10.8. The summed E-state index contributed by atoms with van der Waals surface area (Å²) in [5.74, 6) is 0.572. The van der Waals surface area contributed by atoms with E-state index in [0.717, 1.165) is 32.7 Å². The molecule has 2 rings (SSSR count). The molecule has 1 N–H and O–H groups in total. The molecule has 0 bridgehead atoms. The number of hydrogen-bond donors (Lipinski definition) is 1. The van der Waals surface area contributed by atoms with Crippen molar-refractivity contribution in [2.75, 3.05) is 26.9 Å². The second-order valence-corrected chi connectivity index (χ2v) is 5.19. The number of benzene rings is 1. The zero-order chi connectivity index (χ0) is 13.5. The standard InChI is InChI=1S/C16H25NO2/c1-3-15(19-12-13-9-10-18-11-13)16(17-2)14-7-5-4-6-8-14/h4-8,13,15-17H,3,9-12H2,1-2H3. The molecular formula is C16H25NO2. The molecule has 3 nitrogen and oxygen atoms in total. The van der Waals surface area contributed by atoms with E-state index in [-0.39, 0.29) is 12.1 Å². The van der Waals surface area contributed by atoms with Gasteiger partial charge >= 0.3 is 0 Å². The Hall–Kier alpha value is -0.900. The topological polar surface area (TPSA) is 30.5 Å². The minimum atomic E-state index is 0.216. The van der Waals surface area contributed by atoms with Crippen LogP contribution in [0.15, 0.2) is 30.3 Å². The fraction of sp³-hybridized carbons (Fsp3) is 0.625. The van der Waals surface area contributed by atoms with Crippen LogP contribution in [0, 0.1) is 5.92 Å². The second-order valence-electron chi connectivity index (χ2n) is 5.19.